The number of rotatable bonds is 3. The molecule has 1 aromatic heterocycles. The van der Waals surface area contributed by atoms with Gasteiger partial charge in [0, 0.05) is 24.3 Å². The first-order valence-corrected chi connectivity index (χ1v) is 7.60. The zero-order chi connectivity index (χ0) is 11.4. The highest BCUT2D eigenvalue weighted by molar-refractivity contribution is 9.10. The summed E-state index contributed by atoms with van der Waals surface area (Å²) in [5.74, 6) is 4.32. The van der Waals surface area contributed by atoms with Crippen molar-refractivity contribution in [3.05, 3.63) is 16.5 Å². The third-order valence-electron chi connectivity index (χ3n) is 2.57. The van der Waals surface area contributed by atoms with E-state index < -0.39 is 0 Å². The van der Waals surface area contributed by atoms with Crippen molar-refractivity contribution >= 4 is 33.5 Å². The van der Waals surface area contributed by atoms with Crippen molar-refractivity contribution < 1.29 is 0 Å². The van der Waals surface area contributed by atoms with Gasteiger partial charge in [-0.2, -0.15) is 11.8 Å². The van der Waals surface area contributed by atoms with Gasteiger partial charge in [0.15, 0.2) is 0 Å². The molecule has 0 radical (unpaired) electrons. The average Bonchev–Trinajstić information content (AvgIpc) is 2.29. The summed E-state index contributed by atoms with van der Waals surface area (Å²) >= 11 is 5.44. The van der Waals surface area contributed by atoms with E-state index >= 15 is 0 Å². The van der Waals surface area contributed by atoms with Crippen LogP contribution in [0.4, 0.5) is 5.82 Å². The summed E-state index contributed by atoms with van der Waals surface area (Å²) in [6.07, 6.45) is 3.42. The van der Waals surface area contributed by atoms with Crippen LogP contribution in [-0.4, -0.2) is 27.5 Å². The Kier molecular flexibility index (Phi) is 4.46. The molecule has 3 nitrogen and oxygen atoms in total. The van der Waals surface area contributed by atoms with Crippen LogP contribution in [0.15, 0.2) is 10.7 Å². The predicted molar refractivity (Wildman–Crippen MR) is 73.1 cm³/mol. The highest BCUT2D eigenvalue weighted by Crippen LogP contribution is 2.21. The minimum absolute atomic E-state index is 0.560. The molecule has 88 valence electrons. The van der Waals surface area contributed by atoms with E-state index in [1.165, 1.54) is 24.3 Å². The molecule has 1 fully saturated rings. The SMILES string of the molecule is CCc1nc(Br)cc(NC2CCCSC2)n1. The van der Waals surface area contributed by atoms with Gasteiger partial charge in [-0.25, -0.2) is 9.97 Å². The number of halogens is 1. The first-order valence-electron chi connectivity index (χ1n) is 5.65. The lowest BCUT2D eigenvalue weighted by Crippen LogP contribution is -2.26. The minimum Gasteiger partial charge on any atom is -0.366 e. The lowest BCUT2D eigenvalue weighted by atomic mass is 10.2. The van der Waals surface area contributed by atoms with Crippen molar-refractivity contribution in [3.8, 4) is 0 Å². The third kappa shape index (κ3) is 3.35. The second-order valence-electron chi connectivity index (χ2n) is 3.90. The monoisotopic (exact) mass is 301 g/mol. The Morgan fingerprint density at radius 1 is 1.56 bits per heavy atom. The topological polar surface area (TPSA) is 37.8 Å². The normalized spacial score (nSPS) is 20.8. The molecular weight excluding hydrogens is 286 g/mol. The molecule has 1 aliphatic heterocycles. The second kappa shape index (κ2) is 5.87. The predicted octanol–water partition coefficient (Wildman–Crippen LogP) is 3.11. The summed E-state index contributed by atoms with van der Waals surface area (Å²) in [4.78, 5) is 8.79. The summed E-state index contributed by atoms with van der Waals surface area (Å²) < 4.78 is 0.866. The summed E-state index contributed by atoms with van der Waals surface area (Å²) in [6, 6.07) is 2.52. The molecule has 0 saturated carbocycles. The Labute approximate surface area is 109 Å². The van der Waals surface area contributed by atoms with Gasteiger partial charge in [0.1, 0.15) is 16.2 Å². The first kappa shape index (κ1) is 12.2. The maximum Gasteiger partial charge on any atom is 0.131 e. The summed E-state index contributed by atoms with van der Waals surface area (Å²) in [5.41, 5.74) is 0. The molecule has 1 aromatic rings. The van der Waals surface area contributed by atoms with Crippen molar-refractivity contribution in [3.63, 3.8) is 0 Å². The molecule has 16 heavy (non-hydrogen) atoms. The van der Waals surface area contributed by atoms with Gasteiger partial charge in [-0.3, -0.25) is 0 Å². The zero-order valence-corrected chi connectivity index (χ0v) is 11.8. The number of aryl methyl sites for hydroxylation is 1. The van der Waals surface area contributed by atoms with Crippen LogP contribution in [0.1, 0.15) is 25.6 Å². The molecule has 1 saturated heterocycles. The van der Waals surface area contributed by atoms with Crippen molar-refractivity contribution in [1.82, 2.24) is 9.97 Å². The zero-order valence-electron chi connectivity index (χ0n) is 9.37. The second-order valence-corrected chi connectivity index (χ2v) is 5.87. The highest BCUT2D eigenvalue weighted by Gasteiger charge is 2.14. The van der Waals surface area contributed by atoms with Gasteiger partial charge in [-0.05, 0) is 34.5 Å². The molecule has 0 spiro atoms. The fourth-order valence-corrected chi connectivity index (χ4v) is 3.25. The minimum atomic E-state index is 0.560. The third-order valence-corrected chi connectivity index (χ3v) is 4.19. The van der Waals surface area contributed by atoms with E-state index in [9.17, 15) is 0 Å². The lowest BCUT2D eigenvalue weighted by molar-refractivity contribution is 0.680. The Balaban J connectivity index is 2.04. The van der Waals surface area contributed by atoms with Crippen LogP contribution in [0.3, 0.4) is 0 Å². The molecule has 0 amide bonds. The Morgan fingerprint density at radius 2 is 2.44 bits per heavy atom. The molecule has 1 N–H and O–H groups in total. The van der Waals surface area contributed by atoms with Crippen LogP contribution in [0.2, 0.25) is 0 Å². The van der Waals surface area contributed by atoms with Crippen LogP contribution < -0.4 is 5.32 Å². The molecule has 0 bridgehead atoms. The Bertz CT molecular complexity index is 353. The molecule has 1 unspecified atom stereocenters. The fraction of sp³-hybridized carbons (Fsp3) is 0.636. The largest absolute Gasteiger partial charge is 0.366 e. The van der Waals surface area contributed by atoms with E-state index in [4.69, 9.17) is 0 Å². The number of hydrogen-bond donors (Lipinski definition) is 1. The summed E-state index contributed by atoms with van der Waals surface area (Å²) in [6.45, 7) is 2.07. The smallest absolute Gasteiger partial charge is 0.131 e. The average molecular weight is 302 g/mol. The number of aromatic nitrogens is 2. The molecular formula is C11H16BrN3S. The molecule has 0 aromatic carbocycles. The van der Waals surface area contributed by atoms with Gasteiger partial charge in [0.05, 0.1) is 0 Å². The van der Waals surface area contributed by atoms with E-state index in [2.05, 4.69) is 38.1 Å². The van der Waals surface area contributed by atoms with Crippen molar-refractivity contribution in [2.24, 2.45) is 0 Å². The summed E-state index contributed by atoms with van der Waals surface area (Å²) in [5, 5.41) is 3.49. The van der Waals surface area contributed by atoms with Crippen molar-refractivity contribution in [2.75, 3.05) is 16.8 Å². The van der Waals surface area contributed by atoms with Gasteiger partial charge in [0.2, 0.25) is 0 Å². The van der Waals surface area contributed by atoms with Crippen LogP contribution >= 0.6 is 27.7 Å². The van der Waals surface area contributed by atoms with Crippen molar-refractivity contribution in [2.45, 2.75) is 32.2 Å². The molecule has 2 heterocycles. The van der Waals surface area contributed by atoms with Crippen LogP contribution in [-0.2, 0) is 6.42 Å². The molecule has 0 aliphatic carbocycles. The number of nitrogens with one attached hydrogen (secondary N) is 1. The molecule has 1 aliphatic rings. The first-order chi connectivity index (χ1) is 7.78. The fourth-order valence-electron chi connectivity index (χ4n) is 1.76. The van der Waals surface area contributed by atoms with Crippen LogP contribution in [0.5, 0.6) is 0 Å². The van der Waals surface area contributed by atoms with Gasteiger partial charge >= 0.3 is 0 Å². The van der Waals surface area contributed by atoms with Crippen molar-refractivity contribution in [1.29, 1.82) is 0 Å². The van der Waals surface area contributed by atoms with Gasteiger partial charge in [-0.15, -0.1) is 0 Å². The van der Waals surface area contributed by atoms with E-state index in [0.717, 1.165) is 22.7 Å². The standard InChI is InChI=1S/C11H16BrN3S/c1-2-10-14-9(12)6-11(15-10)13-8-4-3-5-16-7-8/h6,8H,2-5,7H2,1H3,(H,13,14,15). The van der Waals surface area contributed by atoms with E-state index in [0.29, 0.717) is 6.04 Å². The maximum absolute atomic E-state index is 4.48. The Morgan fingerprint density at radius 3 is 3.12 bits per heavy atom. The van der Waals surface area contributed by atoms with E-state index in [-0.39, 0.29) is 0 Å². The van der Waals surface area contributed by atoms with E-state index in [1.54, 1.807) is 0 Å². The van der Waals surface area contributed by atoms with Gasteiger partial charge in [-0.1, -0.05) is 6.92 Å². The number of anilines is 1. The quantitative estimate of drug-likeness (QED) is 0.871. The number of nitrogens with zero attached hydrogens (tertiary/aromatic N) is 2. The highest BCUT2D eigenvalue weighted by atomic mass is 79.9. The Hall–Kier alpha value is -0.290. The summed E-state index contributed by atoms with van der Waals surface area (Å²) in [7, 11) is 0. The van der Waals surface area contributed by atoms with Gasteiger partial charge < -0.3 is 5.32 Å². The molecule has 1 atom stereocenters. The van der Waals surface area contributed by atoms with Crippen LogP contribution in [0.25, 0.3) is 0 Å². The number of hydrogen-bond acceptors (Lipinski definition) is 4. The maximum atomic E-state index is 4.48. The van der Waals surface area contributed by atoms with Gasteiger partial charge in [0.25, 0.3) is 0 Å². The lowest BCUT2D eigenvalue weighted by Gasteiger charge is -2.23. The molecule has 5 heteroatoms. The van der Waals surface area contributed by atoms with E-state index in [1.807, 2.05) is 17.8 Å². The molecule has 2 rings (SSSR count). The van der Waals surface area contributed by atoms with Crippen LogP contribution in [0, 0.1) is 0 Å². The number of thioether (sulfide) groups is 1.